The van der Waals surface area contributed by atoms with E-state index in [0.717, 1.165) is 34.5 Å². The molecule has 8 heteroatoms. The van der Waals surface area contributed by atoms with Gasteiger partial charge in [-0.3, -0.25) is 10.1 Å². The molecule has 0 aliphatic carbocycles. The van der Waals surface area contributed by atoms with E-state index < -0.39 is 17.7 Å². The van der Waals surface area contributed by atoms with E-state index in [1.807, 2.05) is 18.2 Å². The number of rotatable bonds is 4. The summed E-state index contributed by atoms with van der Waals surface area (Å²) in [4.78, 5) is 16.2. The Labute approximate surface area is 164 Å². The van der Waals surface area contributed by atoms with Crippen LogP contribution in [0.5, 0.6) is 0 Å². The summed E-state index contributed by atoms with van der Waals surface area (Å²) in [6, 6.07) is 13.5. The van der Waals surface area contributed by atoms with Crippen LogP contribution in [-0.4, -0.2) is 21.2 Å². The van der Waals surface area contributed by atoms with Gasteiger partial charge in [-0.1, -0.05) is 12.1 Å². The van der Waals surface area contributed by atoms with Gasteiger partial charge in [-0.15, -0.1) is 0 Å². The molecule has 2 heterocycles. The number of urea groups is 1. The Morgan fingerprint density at radius 2 is 1.62 bits per heavy atom. The van der Waals surface area contributed by atoms with E-state index in [-0.39, 0.29) is 5.69 Å². The molecule has 0 spiro atoms. The molecule has 0 atom stereocenters. The van der Waals surface area contributed by atoms with Crippen molar-refractivity contribution in [2.75, 3.05) is 10.6 Å². The van der Waals surface area contributed by atoms with Crippen molar-refractivity contribution in [3.05, 3.63) is 84.8 Å². The van der Waals surface area contributed by atoms with E-state index in [2.05, 4.69) is 25.8 Å². The zero-order valence-electron chi connectivity index (χ0n) is 15.0. The molecule has 4 rings (SSSR count). The third-order valence-electron chi connectivity index (χ3n) is 4.22. The van der Waals surface area contributed by atoms with Crippen LogP contribution in [0.25, 0.3) is 22.4 Å². The number of anilines is 2. The highest BCUT2D eigenvalue weighted by Gasteiger charge is 2.11. The number of aromatic nitrogens is 3. The number of benzene rings is 2. The molecule has 0 saturated heterocycles. The van der Waals surface area contributed by atoms with E-state index in [4.69, 9.17) is 0 Å². The Bertz CT molecular complexity index is 1160. The second-order valence-electron chi connectivity index (χ2n) is 6.18. The van der Waals surface area contributed by atoms with Crippen molar-refractivity contribution >= 4 is 17.4 Å². The third-order valence-corrected chi connectivity index (χ3v) is 4.22. The van der Waals surface area contributed by atoms with Crippen LogP contribution < -0.4 is 10.6 Å². The topological polar surface area (TPSA) is 82.7 Å². The summed E-state index contributed by atoms with van der Waals surface area (Å²) in [5.41, 5.74) is 4.14. The van der Waals surface area contributed by atoms with Crippen LogP contribution in [0.15, 0.2) is 73.2 Å². The summed E-state index contributed by atoms with van der Waals surface area (Å²) in [6.07, 6.45) is 5.12. The molecule has 2 aromatic carbocycles. The van der Waals surface area contributed by atoms with Crippen LogP contribution in [0.1, 0.15) is 0 Å². The van der Waals surface area contributed by atoms with Gasteiger partial charge in [0.25, 0.3) is 0 Å². The Balaban J connectivity index is 1.53. The lowest BCUT2D eigenvalue weighted by Gasteiger charge is -2.10. The lowest BCUT2D eigenvalue weighted by atomic mass is 10.0. The molecule has 0 unspecified atom stereocenters. The van der Waals surface area contributed by atoms with Crippen molar-refractivity contribution < 1.29 is 13.6 Å². The number of hydrogen-bond donors (Lipinski definition) is 3. The zero-order chi connectivity index (χ0) is 20.2. The van der Waals surface area contributed by atoms with Crippen molar-refractivity contribution in [1.82, 2.24) is 15.2 Å². The van der Waals surface area contributed by atoms with Crippen LogP contribution in [-0.2, 0) is 0 Å². The van der Waals surface area contributed by atoms with Gasteiger partial charge in [-0.05, 0) is 42.0 Å². The minimum absolute atomic E-state index is 0.145. The van der Waals surface area contributed by atoms with Gasteiger partial charge >= 0.3 is 6.03 Å². The van der Waals surface area contributed by atoms with Crippen molar-refractivity contribution in [2.24, 2.45) is 0 Å². The molecule has 3 N–H and O–H groups in total. The highest BCUT2D eigenvalue weighted by atomic mass is 19.2. The van der Waals surface area contributed by atoms with Gasteiger partial charge in [0.05, 0.1) is 11.9 Å². The Morgan fingerprint density at radius 3 is 2.38 bits per heavy atom. The minimum atomic E-state index is -1.03. The summed E-state index contributed by atoms with van der Waals surface area (Å²) >= 11 is 0. The van der Waals surface area contributed by atoms with Gasteiger partial charge in [0.1, 0.15) is 0 Å². The number of aromatic amines is 1. The fourth-order valence-corrected chi connectivity index (χ4v) is 2.88. The molecule has 0 radical (unpaired) electrons. The first-order valence-corrected chi connectivity index (χ1v) is 8.67. The largest absolute Gasteiger partial charge is 0.323 e. The summed E-state index contributed by atoms with van der Waals surface area (Å²) < 4.78 is 26.3. The molecule has 2 aromatic heterocycles. The number of hydrogen-bond acceptors (Lipinski definition) is 3. The van der Waals surface area contributed by atoms with Crippen LogP contribution in [0, 0.1) is 11.6 Å². The summed E-state index contributed by atoms with van der Waals surface area (Å²) in [5, 5.41) is 12.2. The fraction of sp³-hybridized carbons (Fsp3) is 0. The standard InChI is InChI=1S/C21H15F2N5O/c22-18-5-4-16(11-19(18)23)27-21(29)26-15-3-1-2-14(10-15)20-17(12-25-28-20)13-6-8-24-9-7-13/h1-12H,(H,25,28)(H2,26,27,29). The Morgan fingerprint density at radius 1 is 0.862 bits per heavy atom. The highest BCUT2D eigenvalue weighted by Crippen LogP contribution is 2.31. The molecular weight excluding hydrogens is 376 g/mol. The summed E-state index contributed by atoms with van der Waals surface area (Å²) in [7, 11) is 0. The maximum atomic E-state index is 13.3. The number of pyridine rings is 1. The normalized spacial score (nSPS) is 10.6. The molecule has 29 heavy (non-hydrogen) atoms. The quantitative estimate of drug-likeness (QED) is 0.455. The molecule has 0 aliphatic heterocycles. The molecule has 0 aliphatic rings. The molecular formula is C21H15F2N5O. The molecule has 4 aromatic rings. The van der Waals surface area contributed by atoms with E-state index in [1.54, 1.807) is 36.8 Å². The lowest BCUT2D eigenvalue weighted by Crippen LogP contribution is -2.19. The SMILES string of the molecule is O=C(Nc1cccc(-c2[nH]ncc2-c2ccncc2)c1)Nc1ccc(F)c(F)c1. The number of nitrogens with zero attached hydrogens (tertiary/aromatic N) is 2. The number of halogens is 2. The number of H-pyrrole nitrogens is 1. The number of amides is 2. The predicted molar refractivity (Wildman–Crippen MR) is 106 cm³/mol. The second kappa shape index (κ2) is 7.89. The molecule has 0 bridgehead atoms. The van der Waals surface area contributed by atoms with Gasteiger partial charge in [-0.25, -0.2) is 13.6 Å². The molecule has 0 saturated carbocycles. The highest BCUT2D eigenvalue weighted by molar-refractivity contribution is 6.00. The molecule has 6 nitrogen and oxygen atoms in total. The Kier molecular flexibility index (Phi) is 4.98. The van der Waals surface area contributed by atoms with Crippen molar-refractivity contribution in [3.8, 4) is 22.4 Å². The lowest BCUT2D eigenvalue weighted by molar-refractivity contribution is 0.262. The molecule has 144 valence electrons. The van der Waals surface area contributed by atoms with Gasteiger partial charge in [-0.2, -0.15) is 5.10 Å². The fourth-order valence-electron chi connectivity index (χ4n) is 2.88. The van der Waals surface area contributed by atoms with Gasteiger partial charge in [0, 0.05) is 41.0 Å². The van der Waals surface area contributed by atoms with E-state index >= 15 is 0 Å². The number of carbonyl (C=O) groups excluding carboxylic acids is 1. The van der Waals surface area contributed by atoms with Crippen LogP contribution in [0.2, 0.25) is 0 Å². The van der Waals surface area contributed by atoms with Gasteiger partial charge in [0.15, 0.2) is 11.6 Å². The molecule has 2 amide bonds. The predicted octanol–water partition coefficient (Wildman–Crippen LogP) is 5.06. The van der Waals surface area contributed by atoms with E-state index in [0.29, 0.717) is 5.69 Å². The maximum Gasteiger partial charge on any atom is 0.323 e. The van der Waals surface area contributed by atoms with Crippen molar-refractivity contribution in [3.63, 3.8) is 0 Å². The first kappa shape index (κ1) is 18.3. The average molecular weight is 391 g/mol. The summed E-state index contributed by atoms with van der Waals surface area (Å²) in [6.45, 7) is 0. The average Bonchev–Trinajstić information content (AvgIpc) is 3.21. The van der Waals surface area contributed by atoms with Gasteiger partial charge < -0.3 is 10.6 Å². The third kappa shape index (κ3) is 4.11. The first-order chi connectivity index (χ1) is 14.1. The maximum absolute atomic E-state index is 13.3. The molecule has 0 fully saturated rings. The van der Waals surface area contributed by atoms with Crippen LogP contribution in [0.3, 0.4) is 0 Å². The van der Waals surface area contributed by atoms with Crippen LogP contribution in [0.4, 0.5) is 25.0 Å². The number of carbonyl (C=O) groups is 1. The van der Waals surface area contributed by atoms with E-state index in [1.165, 1.54) is 6.07 Å². The minimum Gasteiger partial charge on any atom is -0.308 e. The number of nitrogens with one attached hydrogen (secondary N) is 3. The summed E-state index contributed by atoms with van der Waals surface area (Å²) in [5.74, 6) is -2.01. The Hall–Kier alpha value is -4.07. The second-order valence-corrected chi connectivity index (χ2v) is 6.18. The zero-order valence-corrected chi connectivity index (χ0v) is 15.0. The monoisotopic (exact) mass is 391 g/mol. The van der Waals surface area contributed by atoms with Crippen molar-refractivity contribution in [2.45, 2.75) is 0 Å². The van der Waals surface area contributed by atoms with Crippen LogP contribution >= 0.6 is 0 Å². The van der Waals surface area contributed by atoms with Crippen molar-refractivity contribution in [1.29, 1.82) is 0 Å². The van der Waals surface area contributed by atoms with Gasteiger partial charge in [0.2, 0.25) is 0 Å². The smallest absolute Gasteiger partial charge is 0.308 e. The van der Waals surface area contributed by atoms with E-state index in [9.17, 15) is 13.6 Å². The first-order valence-electron chi connectivity index (χ1n) is 8.67.